The molecule has 1 amide bonds. The van der Waals surface area contributed by atoms with Crippen LogP contribution in [0, 0.1) is 6.92 Å². The molecule has 32 heavy (non-hydrogen) atoms. The van der Waals surface area contributed by atoms with Crippen LogP contribution in [0.15, 0.2) is 76.2 Å². The summed E-state index contributed by atoms with van der Waals surface area (Å²) in [5.74, 6) is 1.90. The summed E-state index contributed by atoms with van der Waals surface area (Å²) in [4.78, 5) is 12.5. The van der Waals surface area contributed by atoms with E-state index in [2.05, 4.69) is 10.5 Å². The van der Waals surface area contributed by atoms with Gasteiger partial charge in [0.05, 0.1) is 6.21 Å². The second-order valence-corrected chi connectivity index (χ2v) is 7.87. The van der Waals surface area contributed by atoms with Crippen molar-refractivity contribution in [1.82, 2.24) is 5.43 Å². The zero-order chi connectivity index (χ0) is 22.1. The van der Waals surface area contributed by atoms with Crippen molar-refractivity contribution < 1.29 is 18.7 Å². The van der Waals surface area contributed by atoms with Crippen LogP contribution < -0.4 is 14.9 Å². The summed E-state index contributed by atoms with van der Waals surface area (Å²) in [5.41, 5.74) is 4.34. The van der Waals surface area contributed by atoms with Crippen LogP contribution in [0.25, 0.3) is 22.1 Å². The molecule has 0 bridgehead atoms. The summed E-state index contributed by atoms with van der Waals surface area (Å²) in [7, 11) is 0. The van der Waals surface area contributed by atoms with Gasteiger partial charge in [-0.2, -0.15) is 5.10 Å². The molecule has 1 N–H and O–H groups in total. The van der Waals surface area contributed by atoms with Crippen LogP contribution in [0.5, 0.6) is 11.5 Å². The molecule has 1 aromatic heterocycles. The summed E-state index contributed by atoms with van der Waals surface area (Å²) in [6.07, 6.45) is 0.630. The van der Waals surface area contributed by atoms with E-state index in [9.17, 15) is 4.79 Å². The maximum atomic E-state index is 12.5. The van der Waals surface area contributed by atoms with Crippen molar-refractivity contribution in [2.24, 2.45) is 5.10 Å². The number of furan rings is 1. The molecule has 4 aromatic rings. The van der Waals surface area contributed by atoms with Gasteiger partial charge in [-0.3, -0.25) is 4.79 Å². The van der Waals surface area contributed by atoms with Crippen molar-refractivity contribution in [2.75, 3.05) is 6.61 Å². The predicted molar refractivity (Wildman–Crippen MR) is 123 cm³/mol. The first-order valence-corrected chi connectivity index (χ1v) is 10.5. The van der Waals surface area contributed by atoms with Crippen LogP contribution in [0.4, 0.5) is 0 Å². The molecular weight excluding hydrogens is 428 g/mol. The summed E-state index contributed by atoms with van der Waals surface area (Å²) in [5, 5.41) is 6.71. The Morgan fingerprint density at radius 2 is 1.84 bits per heavy atom. The fourth-order valence-electron chi connectivity index (χ4n) is 3.44. The van der Waals surface area contributed by atoms with Crippen molar-refractivity contribution in [3.8, 4) is 22.8 Å². The van der Waals surface area contributed by atoms with E-state index in [-0.39, 0.29) is 6.61 Å². The third kappa shape index (κ3) is 4.05. The van der Waals surface area contributed by atoms with Crippen molar-refractivity contribution in [2.45, 2.75) is 13.0 Å². The van der Waals surface area contributed by atoms with Crippen molar-refractivity contribution in [1.29, 1.82) is 0 Å². The molecule has 160 valence electrons. The third-order valence-corrected chi connectivity index (χ3v) is 5.62. The molecule has 0 saturated heterocycles. The Kier molecular flexibility index (Phi) is 5.29. The molecule has 1 atom stereocenters. The van der Waals surface area contributed by atoms with Gasteiger partial charge in [-0.1, -0.05) is 48.0 Å². The highest BCUT2D eigenvalue weighted by Gasteiger charge is 2.27. The lowest BCUT2D eigenvalue weighted by molar-refractivity contribution is -0.130. The van der Waals surface area contributed by atoms with Crippen LogP contribution >= 0.6 is 11.6 Å². The first-order valence-electron chi connectivity index (χ1n) is 10.1. The van der Waals surface area contributed by atoms with Crippen LogP contribution in [0.2, 0.25) is 5.02 Å². The average Bonchev–Trinajstić information content (AvgIpc) is 3.28. The number of hydrogen-bond acceptors (Lipinski definition) is 5. The van der Waals surface area contributed by atoms with E-state index in [1.54, 1.807) is 6.07 Å². The molecule has 0 saturated carbocycles. The predicted octanol–water partition coefficient (Wildman–Crippen LogP) is 5.35. The maximum absolute atomic E-state index is 12.5. The molecule has 1 aliphatic rings. The van der Waals surface area contributed by atoms with Gasteiger partial charge in [0.15, 0.2) is 11.5 Å². The minimum Gasteiger partial charge on any atom is -0.485 e. The topological polar surface area (TPSA) is 73.1 Å². The van der Waals surface area contributed by atoms with E-state index in [1.165, 1.54) is 6.21 Å². The number of rotatable bonds is 4. The van der Waals surface area contributed by atoms with E-state index in [0.717, 1.165) is 21.9 Å². The number of halogens is 1. The molecule has 0 fully saturated rings. The quantitative estimate of drug-likeness (QED) is 0.338. The van der Waals surface area contributed by atoms with E-state index in [4.69, 9.17) is 25.5 Å². The van der Waals surface area contributed by atoms with E-state index >= 15 is 0 Å². The number of hydrogen-bond donors (Lipinski definition) is 1. The van der Waals surface area contributed by atoms with Crippen molar-refractivity contribution in [3.05, 3.63) is 83.1 Å². The molecule has 5 rings (SSSR count). The van der Waals surface area contributed by atoms with Gasteiger partial charge in [0.25, 0.3) is 5.91 Å². The SMILES string of the molecule is Cc1ccc(-c2ccc(C=NNC(=O)[C@@H]3COc4cc5ccccc5cc4O3)o2)cc1Cl. The largest absolute Gasteiger partial charge is 0.485 e. The van der Waals surface area contributed by atoms with E-state index in [0.29, 0.717) is 28.0 Å². The normalized spacial score (nSPS) is 15.2. The molecule has 0 spiro atoms. The number of hydrazone groups is 1. The number of benzene rings is 3. The zero-order valence-electron chi connectivity index (χ0n) is 17.2. The lowest BCUT2D eigenvalue weighted by atomic mass is 10.1. The van der Waals surface area contributed by atoms with Gasteiger partial charge in [-0.15, -0.1) is 0 Å². The van der Waals surface area contributed by atoms with Gasteiger partial charge in [0.1, 0.15) is 18.1 Å². The number of aryl methyl sites for hydroxylation is 1. The number of nitrogens with zero attached hydrogens (tertiary/aromatic N) is 1. The third-order valence-electron chi connectivity index (χ3n) is 5.21. The van der Waals surface area contributed by atoms with Gasteiger partial charge in [-0.25, -0.2) is 5.43 Å². The molecule has 0 aliphatic carbocycles. The molecule has 1 aliphatic heterocycles. The van der Waals surface area contributed by atoms with Gasteiger partial charge in [0.2, 0.25) is 6.10 Å². The molecule has 7 heteroatoms. The Labute approximate surface area is 189 Å². The number of carbonyl (C=O) groups excluding carboxylic acids is 1. The monoisotopic (exact) mass is 446 g/mol. The second kappa shape index (κ2) is 8.40. The Balaban J connectivity index is 1.23. The standard InChI is InChI=1S/C25H19ClN2O4/c1-15-6-7-18(10-20(15)26)21-9-8-19(31-21)13-27-28-25(29)24-14-30-22-11-16-4-2-3-5-17(16)12-23(22)32-24/h2-13,24H,14H2,1H3,(H,28,29)/t24-/m0/s1. The highest BCUT2D eigenvalue weighted by Crippen LogP contribution is 2.35. The second-order valence-electron chi connectivity index (χ2n) is 7.46. The number of nitrogens with one attached hydrogen (secondary N) is 1. The molecular formula is C25H19ClN2O4. The lowest BCUT2D eigenvalue weighted by Gasteiger charge is -2.25. The fraction of sp³-hybridized carbons (Fsp3) is 0.120. The Bertz CT molecular complexity index is 1350. The van der Waals surface area contributed by atoms with Crippen LogP contribution in [0.3, 0.4) is 0 Å². The van der Waals surface area contributed by atoms with Crippen LogP contribution in [0.1, 0.15) is 11.3 Å². The van der Waals surface area contributed by atoms with E-state index < -0.39 is 12.0 Å². The Morgan fingerprint density at radius 1 is 1.06 bits per heavy atom. The minimum absolute atomic E-state index is 0.103. The maximum Gasteiger partial charge on any atom is 0.284 e. The van der Waals surface area contributed by atoms with Gasteiger partial charge in [0, 0.05) is 10.6 Å². The molecule has 6 nitrogen and oxygen atoms in total. The number of carbonyl (C=O) groups is 1. The van der Waals surface area contributed by atoms with Crippen molar-refractivity contribution >= 4 is 34.5 Å². The fourth-order valence-corrected chi connectivity index (χ4v) is 3.62. The molecule has 0 radical (unpaired) electrons. The summed E-state index contributed by atoms with van der Waals surface area (Å²) < 4.78 is 17.3. The highest BCUT2D eigenvalue weighted by molar-refractivity contribution is 6.31. The summed E-state index contributed by atoms with van der Waals surface area (Å²) in [6, 6.07) is 21.0. The van der Waals surface area contributed by atoms with Gasteiger partial charge < -0.3 is 13.9 Å². The smallest absolute Gasteiger partial charge is 0.284 e. The summed E-state index contributed by atoms with van der Waals surface area (Å²) >= 11 is 6.19. The summed E-state index contributed by atoms with van der Waals surface area (Å²) in [6.45, 7) is 2.04. The van der Waals surface area contributed by atoms with Crippen LogP contribution in [-0.4, -0.2) is 24.8 Å². The Hall–Kier alpha value is -3.77. The average molecular weight is 447 g/mol. The first kappa shape index (κ1) is 20.2. The van der Waals surface area contributed by atoms with Crippen LogP contribution in [-0.2, 0) is 4.79 Å². The van der Waals surface area contributed by atoms with Gasteiger partial charge >= 0.3 is 0 Å². The zero-order valence-corrected chi connectivity index (χ0v) is 17.9. The number of amides is 1. The van der Waals surface area contributed by atoms with Crippen molar-refractivity contribution in [3.63, 3.8) is 0 Å². The first-order chi connectivity index (χ1) is 15.6. The van der Waals surface area contributed by atoms with Gasteiger partial charge in [-0.05, 0) is 53.6 Å². The highest BCUT2D eigenvalue weighted by atomic mass is 35.5. The number of fused-ring (bicyclic) bond motifs is 2. The Morgan fingerprint density at radius 3 is 2.62 bits per heavy atom. The number of ether oxygens (including phenoxy) is 2. The molecule has 3 aromatic carbocycles. The minimum atomic E-state index is -0.803. The molecule has 2 heterocycles. The lowest BCUT2D eigenvalue weighted by Crippen LogP contribution is -2.42. The molecule has 0 unspecified atom stereocenters. The van der Waals surface area contributed by atoms with E-state index in [1.807, 2.05) is 67.6 Å².